The lowest BCUT2D eigenvalue weighted by Crippen LogP contribution is -2.62. The second-order valence-electron chi connectivity index (χ2n) is 25.3. The summed E-state index contributed by atoms with van der Waals surface area (Å²) in [6.45, 7) is 33.7. The fraction of sp³-hybridized carbons (Fsp3) is 0.387. The van der Waals surface area contributed by atoms with Gasteiger partial charge in [-0.25, -0.2) is 0 Å². The lowest BCUT2D eigenvalue weighted by molar-refractivity contribution is 0.327. The van der Waals surface area contributed by atoms with Crippen molar-refractivity contribution in [2.45, 2.75) is 155 Å². The molecule has 0 fully saturated rings. The van der Waals surface area contributed by atoms with Crippen LogP contribution in [0.4, 0.5) is 34.1 Å². The monoisotopic (exact) mass is 867 g/mol. The maximum absolute atomic E-state index is 7.49. The van der Waals surface area contributed by atoms with Crippen molar-refractivity contribution in [1.29, 1.82) is 0 Å². The first kappa shape index (κ1) is 41.9. The lowest BCUT2D eigenvalue weighted by atomic mass is 9.34. The van der Waals surface area contributed by atoms with Gasteiger partial charge >= 0.3 is 0 Å². The zero-order valence-corrected chi connectivity index (χ0v) is 42.0. The predicted octanol–water partition coefficient (Wildman–Crippen LogP) is 15.1. The molecule has 4 heteroatoms. The molecule has 0 bridgehead atoms. The normalized spacial score (nSPS) is 20.4. The maximum Gasteiger partial charge on any atom is 0.297 e. The molecule has 3 nitrogen and oxygen atoms in total. The number of hydrogen-bond donors (Lipinski definition) is 0. The van der Waals surface area contributed by atoms with E-state index in [0.29, 0.717) is 0 Å². The Morgan fingerprint density at radius 2 is 1.12 bits per heavy atom. The van der Waals surface area contributed by atoms with Gasteiger partial charge in [0.05, 0.1) is 22.7 Å². The zero-order valence-electron chi connectivity index (χ0n) is 42.0. The molecule has 0 saturated carbocycles. The second kappa shape index (κ2) is 13.1. The number of furan rings is 1. The van der Waals surface area contributed by atoms with Gasteiger partial charge in [-0.05, 0) is 163 Å². The quantitative estimate of drug-likeness (QED) is 0.161. The summed E-state index contributed by atoms with van der Waals surface area (Å²) < 4.78 is 7.49. The van der Waals surface area contributed by atoms with Crippen LogP contribution in [0.15, 0.2) is 108 Å². The molecule has 1 unspecified atom stereocenters. The van der Waals surface area contributed by atoms with Gasteiger partial charge in [0, 0.05) is 33.4 Å². The molecular formula is C62H67BN2O. The van der Waals surface area contributed by atoms with Crippen molar-refractivity contribution >= 4 is 68.4 Å². The minimum absolute atomic E-state index is 0.0246. The van der Waals surface area contributed by atoms with Crippen molar-refractivity contribution in [2.75, 3.05) is 9.80 Å². The summed E-state index contributed by atoms with van der Waals surface area (Å²) in [5, 5.41) is 1.17. The van der Waals surface area contributed by atoms with Crippen LogP contribution in [0.5, 0.6) is 0 Å². The largest absolute Gasteiger partial charge is 0.468 e. The second-order valence-corrected chi connectivity index (χ2v) is 25.3. The van der Waals surface area contributed by atoms with Crippen molar-refractivity contribution in [1.82, 2.24) is 0 Å². The van der Waals surface area contributed by atoms with E-state index >= 15 is 0 Å². The third kappa shape index (κ3) is 5.63. The number of hydrogen-bond acceptors (Lipinski definition) is 3. The van der Waals surface area contributed by atoms with E-state index in [1.807, 2.05) is 0 Å². The summed E-state index contributed by atoms with van der Waals surface area (Å²) >= 11 is 0. The Labute approximate surface area is 394 Å². The number of fused-ring (bicyclic) bond motifs is 10. The topological polar surface area (TPSA) is 19.6 Å². The Kier molecular flexibility index (Phi) is 8.35. The summed E-state index contributed by atoms with van der Waals surface area (Å²) in [5.41, 5.74) is 26.3. The van der Waals surface area contributed by atoms with Crippen LogP contribution >= 0.6 is 0 Å². The first-order valence-electron chi connectivity index (χ1n) is 24.9. The number of rotatable bonds is 2. The molecule has 0 radical (unpaired) electrons. The summed E-state index contributed by atoms with van der Waals surface area (Å²) in [7, 11) is 0. The van der Waals surface area contributed by atoms with Gasteiger partial charge in [0.2, 0.25) is 0 Å². The molecule has 5 aliphatic rings. The number of anilines is 6. The maximum atomic E-state index is 7.49. The molecule has 1 atom stereocenters. The summed E-state index contributed by atoms with van der Waals surface area (Å²) in [6, 6.07) is 40.7. The van der Waals surface area contributed by atoms with E-state index < -0.39 is 0 Å². The van der Waals surface area contributed by atoms with Gasteiger partial charge in [-0.3, -0.25) is 0 Å². The van der Waals surface area contributed by atoms with Gasteiger partial charge in [-0.15, -0.1) is 0 Å². The van der Waals surface area contributed by atoms with Gasteiger partial charge in [0.25, 0.3) is 6.71 Å². The van der Waals surface area contributed by atoms with Crippen LogP contribution < -0.4 is 26.4 Å². The Bertz CT molecular complexity index is 3240. The summed E-state index contributed by atoms with van der Waals surface area (Å²) in [6.07, 6.45) is 4.66. The van der Waals surface area contributed by atoms with Crippen LogP contribution in [0.2, 0.25) is 0 Å². The fourth-order valence-corrected chi connectivity index (χ4v) is 13.2. The third-order valence-electron chi connectivity index (χ3n) is 17.4. The minimum Gasteiger partial charge on any atom is -0.468 e. The summed E-state index contributed by atoms with van der Waals surface area (Å²) in [4.78, 5) is 5.38. The van der Waals surface area contributed by atoms with Crippen LogP contribution in [0, 0.1) is 6.92 Å². The van der Waals surface area contributed by atoms with Gasteiger partial charge in [0.15, 0.2) is 0 Å². The van der Waals surface area contributed by atoms with E-state index in [1.54, 1.807) is 5.56 Å². The molecular weight excluding hydrogens is 800 g/mol. The Hall–Kier alpha value is -5.48. The van der Waals surface area contributed by atoms with Crippen molar-refractivity contribution in [3.8, 4) is 11.1 Å². The Morgan fingerprint density at radius 3 is 1.79 bits per heavy atom. The average Bonchev–Trinajstić information content (AvgIpc) is 3.64. The molecule has 7 aromatic rings. The van der Waals surface area contributed by atoms with Crippen LogP contribution in [0.1, 0.15) is 160 Å². The van der Waals surface area contributed by atoms with Gasteiger partial charge in [0.1, 0.15) is 5.58 Å². The molecule has 334 valence electrons. The highest BCUT2D eigenvalue weighted by molar-refractivity contribution is 7.00. The molecule has 0 spiro atoms. The van der Waals surface area contributed by atoms with E-state index in [-0.39, 0.29) is 39.2 Å². The number of nitrogens with zero attached hydrogens (tertiary/aromatic N) is 2. The van der Waals surface area contributed by atoms with Crippen molar-refractivity contribution in [3.63, 3.8) is 0 Å². The lowest BCUT2D eigenvalue weighted by Gasteiger charge is -2.55. The van der Waals surface area contributed by atoms with E-state index in [4.69, 9.17) is 4.42 Å². The third-order valence-corrected chi connectivity index (χ3v) is 17.4. The van der Waals surface area contributed by atoms with Crippen LogP contribution in [-0.2, 0) is 32.5 Å². The molecule has 12 rings (SSSR count). The minimum atomic E-state index is -0.142. The predicted molar refractivity (Wildman–Crippen MR) is 282 cm³/mol. The summed E-state index contributed by atoms with van der Waals surface area (Å²) in [5.74, 6) is 0. The Morgan fingerprint density at radius 1 is 0.530 bits per heavy atom. The van der Waals surface area contributed by atoms with E-state index in [9.17, 15) is 0 Å². The van der Waals surface area contributed by atoms with Crippen LogP contribution in [-0.4, -0.2) is 6.71 Å². The molecule has 2 aliphatic carbocycles. The average molecular weight is 867 g/mol. The molecule has 1 aromatic heterocycles. The first-order valence-corrected chi connectivity index (χ1v) is 24.9. The SMILES string of the molecule is Cc1cc2c3c(c1)N(c1ccc(C(C)(C)C)cc1-c1ccccc1)c1c(oc4ccc(C(C)(C)C)cc14)B3c1ccc3c4c1N2c1cc2c(cc1C4(C)CCC3(C)C)C(C)(C)CCC2(C)C. The smallest absolute Gasteiger partial charge is 0.297 e. The molecule has 0 N–H and O–H groups in total. The van der Waals surface area contributed by atoms with Crippen molar-refractivity contribution in [3.05, 3.63) is 148 Å². The van der Waals surface area contributed by atoms with Gasteiger partial charge in [-0.2, -0.15) is 0 Å². The Balaban J connectivity index is 1.23. The molecule has 6 aromatic carbocycles. The molecule has 66 heavy (non-hydrogen) atoms. The molecule has 0 saturated heterocycles. The standard InChI is InChI=1S/C62H67BN2O/c1-36-30-49-53-50(31-36)65-48-35-44-43(60(10,11)26-27-61(44,12)13)34-45(48)62(14)29-28-59(8,9)42-22-23-46(55(65)52(42)62)63(53)56-54(41-33-39(58(5,6)7)21-25-51(41)66-56)64(49)47-24-20-38(57(2,3)4)32-40(47)37-18-16-15-17-19-37/h15-25,30-35H,26-29H2,1-14H3. The van der Waals surface area contributed by atoms with E-state index in [0.717, 1.165) is 24.1 Å². The van der Waals surface area contributed by atoms with E-state index in [1.165, 1.54) is 113 Å². The number of aryl methyl sites for hydroxylation is 1. The van der Waals surface area contributed by atoms with Crippen molar-refractivity contribution in [2.24, 2.45) is 0 Å². The van der Waals surface area contributed by atoms with Crippen LogP contribution in [0.3, 0.4) is 0 Å². The molecule has 4 heterocycles. The van der Waals surface area contributed by atoms with Gasteiger partial charge < -0.3 is 14.2 Å². The first-order chi connectivity index (χ1) is 31.0. The zero-order chi connectivity index (χ0) is 46.4. The highest BCUT2D eigenvalue weighted by Gasteiger charge is 2.55. The number of benzene rings is 6. The molecule has 3 aliphatic heterocycles. The van der Waals surface area contributed by atoms with Crippen molar-refractivity contribution < 1.29 is 4.42 Å². The van der Waals surface area contributed by atoms with E-state index in [2.05, 4.69) is 210 Å². The fourth-order valence-electron chi connectivity index (χ4n) is 13.2. The highest BCUT2D eigenvalue weighted by Crippen LogP contribution is 2.63. The van der Waals surface area contributed by atoms with Crippen LogP contribution in [0.25, 0.3) is 22.1 Å². The van der Waals surface area contributed by atoms with Gasteiger partial charge in [-0.1, -0.05) is 151 Å². The highest BCUT2D eigenvalue weighted by atomic mass is 16.3. The molecule has 0 amide bonds.